The van der Waals surface area contributed by atoms with Crippen molar-refractivity contribution < 1.29 is 24.2 Å². The Labute approximate surface area is 170 Å². The zero-order chi connectivity index (χ0) is 20.1. The van der Waals surface area contributed by atoms with Gasteiger partial charge >= 0.3 is 5.97 Å². The van der Waals surface area contributed by atoms with E-state index in [2.05, 4.69) is 26.2 Å². The average Bonchev–Trinajstić information content (AvgIpc) is 2.69. The van der Waals surface area contributed by atoms with E-state index in [0.717, 1.165) is 4.47 Å². The summed E-state index contributed by atoms with van der Waals surface area (Å²) in [6, 6.07) is 8.24. The molecule has 2 aromatic rings. The molecule has 0 bridgehead atoms. The zero-order valence-electron chi connectivity index (χ0n) is 15.2. The van der Waals surface area contributed by atoms with Crippen LogP contribution in [0.1, 0.15) is 20.7 Å². The molecule has 148 valence electrons. The highest BCUT2D eigenvalue weighted by molar-refractivity contribution is 9.10. The summed E-state index contributed by atoms with van der Waals surface area (Å²) in [6.45, 7) is 1.97. The summed E-state index contributed by atoms with van der Waals surface area (Å²) in [5.41, 5.74) is 0.753. The monoisotopic (exact) mass is 449 g/mol. The number of carboxylic acids is 1. The first kappa shape index (κ1) is 20.2. The largest absolute Gasteiger partial charge is 0.478 e. The van der Waals surface area contributed by atoms with E-state index in [-0.39, 0.29) is 17.6 Å². The molecule has 2 heterocycles. The Morgan fingerprint density at radius 3 is 2.71 bits per heavy atom. The molecule has 28 heavy (non-hydrogen) atoms. The first-order valence-electron chi connectivity index (χ1n) is 8.65. The van der Waals surface area contributed by atoms with Gasteiger partial charge in [-0.1, -0.05) is 15.9 Å². The van der Waals surface area contributed by atoms with Crippen LogP contribution < -0.4 is 10.2 Å². The Balaban J connectivity index is 1.75. The molecule has 1 aromatic heterocycles. The summed E-state index contributed by atoms with van der Waals surface area (Å²) < 4.78 is 11.8. The van der Waals surface area contributed by atoms with Gasteiger partial charge in [0.25, 0.3) is 5.91 Å². The minimum Gasteiger partial charge on any atom is -0.478 e. The molecule has 0 unspecified atom stereocenters. The molecule has 0 saturated carbocycles. The maximum Gasteiger partial charge on any atom is 0.339 e. The van der Waals surface area contributed by atoms with E-state index in [1.807, 2.05) is 0 Å². The minimum atomic E-state index is -1.13. The maximum atomic E-state index is 12.3. The smallest absolute Gasteiger partial charge is 0.339 e. The van der Waals surface area contributed by atoms with Crippen molar-refractivity contribution in [3.63, 3.8) is 0 Å². The molecule has 9 heteroatoms. The van der Waals surface area contributed by atoms with Crippen molar-refractivity contribution in [3.8, 4) is 0 Å². The second-order valence-corrected chi connectivity index (χ2v) is 7.23. The van der Waals surface area contributed by atoms with Crippen LogP contribution in [0.5, 0.6) is 0 Å². The van der Waals surface area contributed by atoms with Gasteiger partial charge in [-0.25, -0.2) is 9.78 Å². The fourth-order valence-corrected chi connectivity index (χ4v) is 3.09. The van der Waals surface area contributed by atoms with E-state index in [9.17, 15) is 14.7 Å². The molecule has 0 spiro atoms. The predicted octanol–water partition coefficient (Wildman–Crippen LogP) is 2.65. The highest BCUT2D eigenvalue weighted by Gasteiger charge is 2.22. The molecule has 1 aliphatic rings. The van der Waals surface area contributed by atoms with Gasteiger partial charge in [-0.3, -0.25) is 4.79 Å². The molecule has 0 radical (unpaired) electrons. The summed E-state index contributed by atoms with van der Waals surface area (Å²) in [5.74, 6) is -1.18. The third-order valence-corrected chi connectivity index (χ3v) is 4.71. The van der Waals surface area contributed by atoms with Crippen LogP contribution >= 0.6 is 15.9 Å². The number of carboxylic acid groups (broad SMARTS) is 1. The van der Waals surface area contributed by atoms with Crippen LogP contribution in [0.15, 0.2) is 41.0 Å². The number of anilines is 2. The van der Waals surface area contributed by atoms with Crippen LogP contribution in [0, 0.1) is 0 Å². The second-order valence-electron chi connectivity index (χ2n) is 6.31. The number of nitrogens with zero attached hydrogens (tertiary/aromatic N) is 2. The number of nitrogens with one attached hydrogen (secondary N) is 1. The van der Waals surface area contributed by atoms with Crippen LogP contribution in [-0.4, -0.2) is 61.5 Å². The van der Waals surface area contributed by atoms with Gasteiger partial charge < -0.3 is 24.8 Å². The Bertz CT molecular complexity index is 853. The Morgan fingerprint density at radius 1 is 1.32 bits per heavy atom. The molecule has 1 amide bonds. The molecule has 1 atom stereocenters. The molecule has 1 saturated heterocycles. The zero-order valence-corrected chi connectivity index (χ0v) is 16.8. The van der Waals surface area contributed by atoms with Gasteiger partial charge in [0, 0.05) is 23.6 Å². The Kier molecular flexibility index (Phi) is 6.61. The van der Waals surface area contributed by atoms with Crippen molar-refractivity contribution in [2.75, 3.05) is 43.6 Å². The lowest BCUT2D eigenvalue weighted by Crippen LogP contribution is -2.39. The standard InChI is InChI=1S/C19H20BrN3O5/c1-23(10-15-11-27-6-7-28-15)17-16(19(25)26)8-14(9-21-17)22-18(24)12-2-4-13(20)5-3-12/h2-5,8-9,15H,6-7,10-11H2,1H3,(H,22,24)(H,25,26)/t15-/m0/s1. The van der Waals surface area contributed by atoms with E-state index in [0.29, 0.717) is 43.4 Å². The summed E-state index contributed by atoms with van der Waals surface area (Å²) >= 11 is 3.32. The number of hydrogen-bond donors (Lipinski definition) is 2. The highest BCUT2D eigenvalue weighted by Crippen LogP contribution is 2.22. The van der Waals surface area contributed by atoms with E-state index >= 15 is 0 Å². The third kappa shape index (κ3) is 5.06. The number of aromatic carboxylic acids is 1. The van der Waals surface area contributed by atoms with Gasteiger partial charge in [-0.05, 0) is 30.3 Å². The number of pyridine rings is 1. The lowest BCUT2D eigenvalue weighted by Gasteiger charge is -2.28. The fraction of sp³-hybridized carbons (Fsp3) is 0.316. The molecular formula is C19H20BrN3O5. The number of hydrogen-bond acceptors (Lipinski definition) is 6. The third-order valence-electron chi connectivity index (χ3n) is 4.19. The number of carbonyl (C=O) groups is 2. The first-order chi connectivity index (χ1) is 13.4. The minimum absolute atomic E-state index is 0.00664. The molecular weight excluding hydrogens is 430 g/mol. The highest BCUT2D eigenvalue weighted by atomic mass is 79.9. The number of amides is 1. The van der Waals surface area contributed by atoms with Crippen molar-refractivity contribution in [1.82, 2.24) is 4.98 Å². The van der Waals surface area contributed by atoms with Gasteiger partial charge in [0.2, 0.25) is 0 Å². The van der Waals surface area contributed by atoms with Crippen LogP contribution in [0.3, 0.4) is 0 Å². The number of rotatable bonds is 6. The average molecular weight is 450 g/mol. The summed E-state index contributed by atoms with van der Waals surface area (Å²) in [7, 11) is 1.74. The Morgan fingerprint density at radius 2 is 2.07 bits per heavy atom. The Hall–Kier alpha value is -2.49. The second kappa shape index (κ2) is 9.13. The van der Waals surface area contributed by atoms with Gasteiger partial charge in [-0.15, -0.1) is 0 Å². The summed E-state index contributed by atoms with van der Waals surface area (Å²) in [5, 5.41) is 12.3. The molecule has 3 rings (SSSR count). The number of likely N-dealkylation sites (N-methyl/N-ethyl adjacent to an activating group) is 1. The van der Waals surface area contributed by atoms with Crippen LogP contribution in [0.2, 0.25) is 0 Å². The molecule has 0 aliphatic carbocycles. The van der Waals surface area contributed by atoms with Gasteiger partial charge in [0.1, 0.15) is 11.4 Å². The van der Waals surface area contributed by atoms with E-state index in [4.69, 9.17) is 9.47 Å². The van der Waals surface area contributed by atoms with Crippen molar-refractivity contribution in [2.45, 2.75) is 6.10 Å². The van der Waals surface area contributed by atoms with Gasteiger partial charge in [-0.2, -0.15) is 0 Å². The van der Waals surface area contributed by atoms with Crippen LogP contribution in [-0.2, 0) is 9.47 Å². The number of benzene rings is 1. The van der Waals surface area contributed by atoms with E-state index < -0.39 is 5.97 Å². The summed E-state index contributed by atoms with van der Waals surface area (Å²) in [4.78, 5) is 30.0. The molecule has 1 fully saturated rings. The quantitative estimate of drug-likeness (QED) is 0.698. The number of aromatic nitrogens is 1. The SMILES string of the molecule is CN(C[C@H]1COCCO1)c1ncc(NC(=O)c2ccc(Br)cc2)cc1C(=O)O. The topological polar surface area (TPSA) is 101 Å². The lowest BCUT2D eigenvalue weighted by atomic mass is 10.2. The predicted molar refractivity (Wildman–Crippen MR) is 107 cm³/mol. The lowest BCUT2D eigenvalue weighted by molar-refractivity contribution is -0.0837. The van der Waals surface area contributed by atoms with Crippen molar-refractivity contribution in [1.29, 1.82) is 0 Å². The number of ether oxygens (including phenoxy) is 2. The van der Waals surface area contributed by atoms with E-state index in [1.165, 1.54) is 12.3 Å². The number of carbonyl (C=O) groups excluding carboxylic acids is 1. The normalized spacial score (nSPS) is 16.4. The van der Waals surface area contributed by atoms with Crippen molar-refractivity contribution in [3.05, 3.63) is 52.1 Å². The molecule has 1 aromatic carbocycles. The van der Waals surface area contributed by atoms with Crippen molar-refractivity contribution in [2.24, 2.45) is 0 Å². The molecule has 2 N–H and O–H groups in total. The van der Waals surface area contributed by atoms with Gasteiger partial charge in [0.05, 0.1) is 37.8 Å². The van der Waals surface area contributed by atoms with E-state index in [1.54, 1.807) is 36.2 Å². The van der Waals surface area contributed by atoms with Crippen molar-refractivity contribution >= 4 is 39.3 Å². The van der Waals surface area contributed by atoms with Gasteiger partial charge in [0.15, 0.2) is 0 Å². The fourth-order valence-electron chi connectivity index (χ4n) is 2.83. The molecule has 8 nitrogen and oxygen atoms in total. The maximum absolute atomic E-state index is 12.3. The van der Waals surface area contributed by atoms with Crippen LogP contribution in [0.25, 0.3) is 0 Å². The van der Waals surface area contributed by atoms with Crippen LogP contribution in [0.4, 0.5) is 11.5 Å². The number of halogens is 1. The summed E-state index contributed by atoms with van der Waals surface area (Å²) in [6.07, 6.45) is 1.28. The first-order valence-corrected chi connectivity index (χ1v) is 9.44. The molecule has 1 aliphatic heterocycles.